The van der Waals surface area contributed by atoms with Gasteiger partial charge in [0.05, 0.1) is 28.4 Å². The van der Waals surface area contributed by atoms with Gasteiger partial charge in [-0.25, -0.2) is 4.98 Å². The summed E-state index contributed by atoms with van der Waals surface area (Å²) >= 11 is 1.37. The van der Waals surface area contributed by atoms with E-state index in [4.69, 9.17) is 5.26 Å². The number of imidazole rings is 1. The molecule has 0 N–H and O–H groups in total. The van der Waals surface area contributed by atoms with Crippen molar-refractivity contribution < 1.29 is 0 Å². The first-order chi connectivity index (χ1) is 9.74. The van der Waals surface area contributed by atoms with Crippen LogP contribution in [-0.4, -0.2) is 19.1 Å². The van der Waals surface area contributed by atoms with Crippen LogP contribution in [0.5, 0.6) is 0 Å². The number of aryl methyl sites for hydroxylation is 2. The van der Waals surface area contributed by atoms with Crippen molar-refractivity contribution in [2.45, 2.75) is 19.8 Å². The molecule has 1 aromatic carbocycles. The summed E-state index contributed by atoms with van der Waals surface area (Å²) in [5.41, 5.74) is 3.48. The van der Waals surface area contributed by atoms with Crippen LogP contribution in [-0.2, 0) is 13.5 Å². The molecule has 0 fully saturated rings. The van der Waals surface area contributed by atoms with Gasteiger partial charge in [-0.1, -0.05) is 17.8 Å². The van der Waals surface area contributed by atoms with E-state index in [1.807, 2.05) is 23.7 Å². The van der Waals surface area contributed by atoms with E-state index in [1.54, 1.807) is 6.07 Å². The van der Waals surface area contributed by atoms with Crippen LogP contribution in [0.2, 0.25) is 0 Å². The van der Waals surface area contributed by atoms with E-state index in [9.17, 15) is 0 Å². The molecule has 0 aliphatic heterocycles. The van der Waals surface area contributed by atoms with Crippen molar-refractivity contribution in [1.82, 2.24) is 19.1 Å². The standard InChI is InChI=1S/C14H13N5S/c1-3-4-11-13(20-18-17-11)14-16-10-6-5-9(8-15)7-12(10)19(14)2/h5-7H,3-4H2,1-2H3. The smallest absolute Gasteiger partial charge is 0.154 e. The molecule has 2 aromatic heterocycles. The highest BCUT2D eigenvalue weighted by Gasteiger charge is 2.16. The van der Waals surface area contributed by atoms with Crippen LogP contribution in [0.15, 0.2) is 18.2 Å². The molecular weight excluding hydrogens is 270 g/mol. The van der Waals surface area contributed by atoms with E-state index in [0.717, 1.165) is 40.3 Å². The fourth-order valence-electron chi connectivity index (χ4n) is 2.24. The summed E-state index contributed by atoms with van der Waals surface area (Å²) in [4.78, 5) is 5.67. The molecule has 0 saturated carbocycles. The molecule has 0 unspecified atom stereocenters. The quantitative estimate of drug-likeness (QED) is 0.741. The van der Waals surface area contributed by atoms with Crippen molar-refractivity contribution in [1.29, 1.82) is 5.26 Å². The van der Waals surface area contributed by atoms with E-state index in [2.05, 4.69) is 27.6 Å². The van der Waals surface area contributed by atoms with Gasteiger partial charge in [-0.3, -0.25) is 0 Å². The maximum Gasteiger partial charge on any atom is 0.154 e. The number of nitrogens with zero attached hydrogens (tertiary/aromatic N) is 5. The first kappa shape index (κ1) is 12.8. The summed E-state index contributed by atoms with van der Waals surface area (Å²) in [5, 5.41) is 13.2. The van der Waals surface area contributed by atoms with E-state index >= 15 is 0 Å². The highest BCUT2D eigenvalue weighted by molar-refractivity contribution is 7.09. The van der Waals surface area contributed by atoms with Gasteiger partial charge in [0.15, 0.2) is 5.82 Å². The van der Waals surface area contributed by atoms with Crippen molar-refractivity contribution in [2.24, 2.45) is 7.05 Å². The van der Waals surface area contributed by atoms with Gasteiger partial charge in [-0.2, -0.15) is 5.26 Å². The second-order valence-electron chi connectivity index (χ2n) is 4.61. The lowest BCUT2D eigenvalue weighted by molar-refractivity contribution is 0.865. The third-order valence-electron chi connectivity index (χ3n) is 3.26. The first-order valence-corrected chi connectivity index (χ1v) is 7.20. The molecule has 6 heteroatoms. The Balaban J connectivity index is 2.19. The fraction of sp³-hybridized carbons (Fsp3) is 0.286. The lowest BCUT2D eigenvalue weighted by Gasteiger charge is -2.01. The van der Waals surface area contributed by atoms with Crippen LogP contribution in [0, 0.1) is 11.3 Å². The molecule has 3 rings (SSSR count). The van der Waals surface area contributed by atoms with Gasteiger partial charge in [-0.05, 0) is 36.2 Å². The molecule has 0 atom stereocenters. The van der Waals surface area contributed by atoms with Crippen molar-refractivity contribution in [2.75, 3.05) is 0 Å². The Hall–Kier alpha value is -2.26. The molecule has 0 bridgehead atoms. The van der Waals surface area contributed by atoms with Gasteiger partial charge in [0, 0.05) is 7.05 Å². The highest BCUT2D eigenvalue weighted by Crippen LogP contribution is 2.29. The van der Waals surface area contributed by atoms with E-state index in [1.165, 1.54) is 11.5 Å². The number of fused-ring (bicyclic) bond motifs is 1. The largest absolute Gasteiger partial charge is 0.326 e. The Morgan fingerprint density at radius 1 is 1.40 bits per heavy atom. The van der Waals surface area contributed by atoms with Crippen LogP contribution in [0.3, 0.4) is 0 Å². The van der Waals surface area contributed by atoms with Crippen molar-refractivity contribution in [3.63, 3.8) is 0 Å². The number of aromatic nitrogens is 4. The first-order valence-electron chi connectivity index (χ1n) is 6.42. The minimum Gasteiger partial charge on any atom is -0.326 e. The van der Waals surface area contributed by atoms with Crippen molar-refractivity contribution in [3.8, 4) is 16.8 Å². The second kappa shape index (κ2) is 5.02. The Morgan fingerprint density at radius 2 is 2.25 bits per heavy atom. The lowest BCUT2D eigenvalue weighted by Crippen LogP contribution is -1.94. The normalized spacial score (nSPS) is 10.8. The second-order valence-corrected chi connectivity index (χ2v) is 5.36. The third-order valence-corrected chi connectivity index (χ3v) is 4.02. The predicted octanol–water partition coefficient (Wildman–Crippen LogP) is 2.92. The maximum absolute atomic E-state index is 9.00. The van der Waals surface area contributed by atoms with Crippen molar-refractivity contribution >= 4 is 22.6 Å². The topological polar surface area (TPSA) is 67.4 Å². The summed E-state index contributed by atoms with van der Waals surface area (Å²) in [5.74, 6) is 0.869. The number of hydrogen-bond acceptors (Lipinski definition) is 5. The average molecular weight is 283 g/mol. The zero-order valence-electron chi connectivity index (χ0n) is 11.3. The fourth-order valence-corrected chi connectivity index (χ4v) is 2.97. The zero-order chi connectivity index (χ0) is 14.1. The molecule has 0 aliphatic carbocycles. The van der Waals surface area contributed by atoms with Crippen LogP contribution < -0.4 is 0 Å². The number of benzene rings is 1. The Bertz CT molecular complexity index is 809. The molecule has 3 aromatic rings. The molecule has 2 heterocycles. The number of rotatable bonds is 3. The molecular formula is C14H13N5S. The van der Waals surface area contributed by atoms with Gasteiger partial charge >= 0.3 is 0 Å². The molecule has 20 heavy (non-hydrogen) atoms. The summed E-state index contributed by atoms with van der Waals surface area (Å²) in [6, 6.07) is 7.69. The maximum atomic E-state index is 9.00. The van der Waals surface area contributed by atoms with E-state index in [-0.39, 0.29) is 0 Å². The minimum atomic E-state index is 0.642. The highest BCUT2D eigenvalue weighted by atomic mass is 32.1. The van der Waals surface area contributed by atoms with Gasteiger partial charge in [0.25, 0.3) is 0 Å². The summed E-state index contributed by atoms with van der Waals surface area (Å²) < 4.78 is 6.05. The molecule has 0 spiro atoms. The molecule has 0 saturated heterocycles. The third kappa shape index (κ3) is 1.96. The Kier molecular flexibility index (Phi) is 3.20. The van der Waals surface area contributed by atoms with E-state index < -0.39 is 0 Å². The molecule has 0 amide bonds. The lowest BCUT2D eigenvalue weighted by atomic mass is 10.2. The van der Waals surface area contributed by atoms with Gasteiger partial charge in [0.2, 0.25) is 0 Å². The summed E-state index contributed by atoms with van der Waals surface area (Å²) in [7, 11) is 1.96. The number of hydrogen-bond donors (Lipinski definition) is 0. The van der Waals surface area contributed by atoms with Gasteiger partial charge in [-0.15, -0.1) is 5.10 Å². The van der Waals surface area contributed by atoms with Crippen LogP contribution >= 0.6 is 11.5 Å². The monoisotopic (exact) mass is 283 g/mol. The SMILES string of the molecule is CCCc1nnsc1-c1nc2ccc(C#N)cc2n1C. The molecule has 5 nitrogen and oxygen atoms in total. The van der Waals surface area contributed by atoms with Gasteiger partial charge < -0.3 is 4.57 Å². The minimum absolute atomic E-state index is 0.642. The Labute approximate surface area is 120 Å². The molecule has 100 valence electrons. The number of nitriles is 1. The average Bonchev–Trinajstić information content (AvgIpc) is 3.04. The van der Waals surface area contributed by atoms with Crippen LogP contribution in [0.4, 0.5) is 0 Å². The van der Waals surface area contributed by atoms with Crippen LogP contribution in [0.1, 0.15) is 24.6 Å². The Morgan fingerprint density at radius 3 is 3.00 bits per heavy atom. The summed E-state index contributed by atoms with van der Waals surface area (Å²) in [6.45, 7) is 2.12. The molecule has 0 aliphatic rings. The predicted molar refractivity (Wildman–Crippen MR) is 78.3 cm³/mol. The summed E-state index contributed by atoms with van der Waals surface area (Å²) in [6.07, 6.45) is 1.93. The van der Waals surface area contributed by atoms with Crippen molar-refractivity contribution in [3.05, 3.63) is 29.5 Å². The zero-order valence-corrected chi connectivity index (χ0v) is 12.1. The van der Waals surface area contributed by atoms with Crippen LogP contribution in [0.25, 0.3) is 21.7 Å². The van der Waals surface area contributed by atoms with Gasteiger partial charge in [0.1, 0.15) is 4.88 Å². The molecule has 0 radical (unpaired) electrons. The van der Waals surface area contributed by atoms with E-state index in [0.29, 0.717) is 5.56 Å².